The number of anilines is 1. The maximum absolute atomic E-state index is 14.5. The van der Waals surface area contributed by atoms with Crippen molar-refractivity contribution in [2.45, 2.75) is 19.4 Å². The lowest BCUT2D eigenvalue weighted by Gasteiger charge is -2.59. The van der Waals surface area contributed by atoms with E-state index in [0.29, 0.717) is 16.9 Å². The first-order valence-corrected chi connectivity index (χ1v) is 10.4. The summed E-state index contributed by atoms with van der Waals surface area (Å²) in [5, 5.41) is 7.23. The molecule has 2 aromatic heterocycles. The predicted molar refractivity (Wildman–Crippen MR) is 112 cm³/mol. The monoisotopic (exact) mass is 444 g/mol. The Morgan fingerprint density at radius 2 is 1.91 bits per heavy atom. The number of aromatic nitrogens is 3. The third-order valence-corrected chi connectivity index (χ3v) is 6.32. The summed E-state index contributed by atoms with van der Waals surface area (Å²) < 4.78 is 42.2. The van der Waals surface area contributed by atoms with Crippen LogP contribution in [-0.4, -0.2) is 63.5 Å². The normalized spacial score (nSPS) is 18.6. The number of fused-ring (bicyclic) bond motifs is 1. The van der Waals surface area contributed by atoms with Crippen LogP contribution >= 0.6 is 0 Å². The second kappa shape index (κ2) is 7.47. The largest absolute Gasteiger partial charge is 0.362 e. The molecule has 2 aliphatic heterocycles. The highest BCUT2D eigenvalue weighted by molar-refractivity contribution is 5.97. The van der Waals surface area contributed by atoms with Gasteiger partial charge in [0.25, 0.3) is 12.3 Å². The van der Waals surface area contributed by atoms with Gasteiger partial charge >= 0.3 is 0 Å². The molecule has 1 atom stereocenters. The number of carbonyl (C=O) groups excluding carboxylic acids is 1. The van der Waals surface area contributed by atoms with E-state index in [1.807, 2.05) is 4.90 Å². The first-order chi connectivity index (χ1) is 15.3. The predicted octanol–water partition coefficient (Wildman–Crippen LogP) is 3.37. The molecule has 0 saturated carbocycles. The number of alkyl halides is 2. The van der Waals surface area contributed by atoms with Gasteiger partial charge in [0.15, 0.2) is 5.82 Å². The highest BCUT2D eigenvalue weighted by Crippen LogP contribution is 2.39. The molecule has 7 nitrogen and oxygen atoms in total. The number of benzene rings is 1. The first kappa shape index (κ1) is 20.7. The molecule has 2 aliphatic rings. The summed E-state index contributed by atoms with van der Waals surface area (Å²) in [6.45, 7) is 5.17. The number of likely N-dealkylation sites (tertiary alicyclic amines) is 2. The number of amides is 1. The number of halogens is 3. The topological polar surface area (TPSA) is 65.8 Å². The summed E-state index contributed by atoms with van der Waals surface area (Å²) in [4.78, 5) is 21.2. The average Bonchev–Trinajstić information content (AvgIpc) is 3.14. The first-order valence-electron chi connectivity index (χ1n) is 10.4. The van der Waals surface area contributed by atoms with E-state index in [2.05, 4.69) is 27.3 Å². The van der Waals surface area contributed by atoms with E-state index in [1.165, 1.54) is 23.0 Å². The van der Waals surface area contributed by atoms with Gasteiger partial charge in [0.1, 0.15) is 17.7 Å². The molecule has 168 valence electrons. The van der Waals surface area contributed by atoms with Crippen molar-refractivity contribution < 1.29 is 18.0 Å². The van der Waals surface area contributed by atoms with E-state index in [4.69, 9.17) is 0 Å². The van der Waals surface area contributed by atoms with Crippen LogP contribution in [0.2, 0.25) is 0 Å². The Balaban J connectivity index is 1.36. The Morgan fingerprint density at radius 1 is 1.19 bits per heavy atom. The highest BCUT2D eigenvalue weighted by Gasteiger charge is 2.52. The SMILES string of the molecule is C[C@@H](Nc1ncnn2cc(C(=O)N3CC4(CN(C)C4)C3)cc12)c1cccc(C(F)F)c1F. The highest BCUT2D eigenvalue weighted by atomic mass is 19.3. The second-order valence-electron chi connectivity index (χ2n) is 8.92. The Bertz CT molecular complexity index is 1180. The Morgan fingerprint density at radius 3 is 2.59 bits per heavy atom. The number of nitrogens with zero attached hydrogens (tertiary/aromatic N) is 5. The van der Waals surface area contributed by atoms with Crippen molar-refractivity contribution in [1.82, 2.24) is 24.4 Å². The molecule has 10 heteroatoms. The third kappa shape index (κ3) is 3.38. The molecule has 2 saturated heterocycles. The molecule has 0 radical (unpaired) electrons. The Labute approximate surface area is 182 Å². The van der Waals surface area contributed by atoms with Gasteiger partial charge in [-0.05, 0) is 20.0 Å². The lowest BCUT2D eigenvalue weighted by Crippen LogP contribution is -2.71. The maximum atomic E-state index is 14.5. The number of carbonyl (C=O) groups is 1. The summed E-state index contributed by atoms with van der Waals surface area (Å²) in [5.74, 6) is -0.619. The lowest BCUT2D eigenvalue weighted by atomic mass is 9.73. The van der Waals surface area contributed by atoms with Crippen molar-refractivity contribution >= 4 is 17.2 Å². The molecule has 1 N–H and O–H groups in total. The molecule has 0 aliphatic carbocycles. The molecule has 1 aromatic carbocycles. The molecule has 2 fully saturated rings. The molecule has 0 bridgehead atoms. The van der Waals surface area contributed by atoms with E-state index in [1.54, 1.807) is 19.2 Å². The van der Waals surface area contributed by atoms with Gasteiger partial charge in [-0.15, -0.1) is 0 Å². The zero-order valence-corrected chi connectivity index (χ0v) is 17.7. The fourth-order valence-electron chi connectivity index (χ4n) is 4.90. The number of rotatable bonds is 5. The minimum Gasteiger partial charge on any atom is -0.362 e. The quantitative estimate of drug-likeness (QED) is 0.654. The van der Waals surface area contributed by atoms with Gasteiger partial charge in [0.2, 0.25) is 0 Å². The standard InChI is InChI=1S/C22H23F3N6O/c1-13(15-4-3-5-16(18(15)23)19(24)25)28-20-17-6-14(7-31(17)27-12-26-20)21(32)30-10-22(11-30)8-29(2)9-22/h3-7,12-13,19H,8-11H2,1-2H3,(H,26,27,28)/t13-/m1/s1. The van der Waals surface area contributed by atoms with E-state index in [0.717, 1.165) is 32.2 Å². The van der Waals surface area contributed by atoms with Crippen LogP contribution in [0.1, 0.15) is 40.9 Å². The summed E-state index contributed by atoms with van der Waals surface area (Å²) in [5.41, 5.74) is 0.757. The molecule has 4 heterocycles. The van der Waals surface area contributed by atoms with Gasteiger partial charge in [-0.2, -0.15) is 5.10 Å². The van der Waals surface area contributed by atoms with Crippen LogP contribution in [0.25, 0.3) is 5.52 Å². The van der Waals surface area contributed by atoms with Crippen molar-refractivity contribution in [2.24, 2.45) is 5.41 Å². The van der Waals surface area contributed by atoms with Crippen molar-refractivity contribution in [3.8, 4) is 0 Å². The van der Waals surface area contributed by atoms with Crippen LogP contribution in [0, 0.1) is 11.2 Å². The van der Waals surface area contributed by atoms with Crippen molar-refractivity contribution in [3.63, 3.8) is 0 Å². The molecule has 32 heavy (non-hydrogen) atoms. The summed E-state index contributed by atoms with van der Waals surface area (Å²) in [6.07, 6.45) is 0.0731. The minimum atomic E-state index is -2.90. The molecular formula is C22H23F3N6O. The summed E-state index contributed by atoms with van der Waals surface area (Å²) in [7, 11) is 2.07. The van der Waals surface area contributed by atoms with Gasteiger partial charge in [-0.25, -0.2) is 22.7 Å². The number of hydrogen-bond acceptors (Lipinski definition) is 5. The van der Waals surface area contributed by atoms with E-state index in [9.17, 15) is 18.0 Å². The van der Waals surface area contributed by atoms with Crippen LogP contribution < -0.4 is 5.32 Å². The van der Waals surface area contributed by atoms with Crippen LogP contribution in [0.3, 0.4) is 0 Å². The molecule has 3 aromatic rings. The summed E-state index contributed by atoms with van der Waals surface area (Å²) >= 11 is 0. The average molecular weight is 444 g/mol. The van der Waals surface area contributed by atoms with E-state index < -0.39 is 23.8 Å². The molecule has 5 rings (SSSR count). The van der Waals surface area contributed by atoms with Gasteiger partial charge in [-0.3, -0.25) is 4.79 Å². The number of hydrogen-bond donors (Lipinski definition) is 1. The zero-order valence-electron chi connectivity index (χ0n) is 17.7. The van der Waals surface area contributed by atoms with Crippen LogP contribution in [0.5, 0.6) is 0 Å². The minimum absolute atomic E-state index is 0.0645. The van der Waals surface area contributed by atoms with E-state index in [-0.39, 0.29) is 16.9 Å². The molecule has 1 spiro atoms. The van der Waals surface area contributed by atoms with Crippen LogP contribution in [-0.2, 0) is 0 Å². The Hall–Kier alpha value is -3.14. The van der Waals surface area contributed by atoms with Crippen molar-refractivity contribution in [1.29, 1.82) is 0 Å². The fourth-order valence-corrected chi connectivity index (χ4v) is 4.90. The summed E-state index contributed by atoms with van der Waals surface area (Å²) in [6, 6.07) is 5.00. The van der Waals surface area contributed by atoms with Gasteiger partial charge < -0.3 is 15.1 Å². The molecule has 0 unspecified atom stereocenters. The zero-order chi connectivity index (χ0) is 22.6. The van der Waals surface area contributed by atoms with E-state index >= 15 is 0 Å². The maximum Gasteiger partial charge on any atom is 0.266 e. The number of nitrogens with one attached hydrogen (secondary N) is 1. The smallest absolute Gasteiger partial charge is 0.266 e. The fraction of sp³-hybridized carbons (Fsp3) is 0.409. The van der Waals surface area contributed by atoms with Gasteiger partial charge in [-0.1, -0.05) is 18.2 Å². The van der Waals surface area contributed by atoms with Crippen LogP contribution in [0.4, 0.5) is 19.0 Å². The molecular weight excluding hydrogens is 421 g/mol. The van der Waals surface area contributed by atoms with Crippen LogP contribution in [0.15, 0.2) is 36.8 Å². The second-order valence-corrected chi connectivity index (χ2v) is 8.92. The Kier molecular flexibility index (Phi) is 4.85. The van der Waals surface area contributed by atoms with Crippen molar-refractivity contribution in [2.75, 3.05) is 38.5 Å². The van der Waals surface area contributed by atoms with Gasteiger partial charge in [0, 0.05) is 43.4 Å². The lowest BCUT2D eigenvalue weighted by molar-refractivity contribution is -0.0871. The molecule has 1 amide bonds. The van der Waals surface area contributed by atoms with Gasteiger partial charge in [0.05, 0.1) is 17.2 Å². The third-order valence-electron chi connectivity index (χ3n) is 6.32. The van der Waals surface area contributed by atoms with Crippen molar-refractivity contribution in [3.05, 3.63) is 59.3 Å².